The van der Waals surface area contributed by atoms with Gasteiger partial charge in [-0.1, -0.05) is 53.2 Å². The molecule has 0 aliphatic rings. The molecular weight excluding hydrogens is 314 g/mol. The smallest absolute Gasteiger partial charge is 0.211 e. The van der Waals surface area contributed by atoms with Crippen molar-refractivity contribution in [3.8, 4) is 0 Å². The molecule has 1 unspecified atom stereocenters. The zero-order valence-corrected chi connectivity index (χ0v) is 13.0. The summed E-state index contributed by atoms with van der Waals surface area (Å²) in [5.41, 5.74) is 1.05. The Labute approximate surface area is 118 Å². The fourth-order valence-corrected chi connectivity index (χ4v) is 2.85. The molecule has 0 heterocycles. The van der Waals surface area contributed by atoms with Gasteiger partial charge < -0.3 is 0 Å². The Balaban J connectivity index is 2.32. The summed E-state index contributed by atoms with van der Waals surface area (Å²) in [4.78, 5) is 0.384. The average Bonchev–Trinajstić information content (AvgIpc) is 2.37. The van der Waals surface area contributed by atoms with Crippen molar-refractivity contribution in [2.45, 2.75) is 31.0 Å². The van der Waals surface area contributed by atoms with Crippen LogP contribution in [0.1, 0.15) is 25.3 Å². The summed E-state index contributed by atoms with van der Waals surface area (Å²) in [6.45, 7) is 2.57. The van der Waals surface area contributed by atoms with Crippen LogP contribution >= 0.6 is 15.9 Å². The number of hydrogen-bond donors (Lipinski definition) is 1. The zero-order valence-electron chi connectivity index (χ0n) is 10.6. The highest BCUT2D eigenvalue weighted by Gasteiger charge is 2.10. The van der Waals surface area contributed by atoms with Crippen LogP contribution in [0.5, 0.6) is 0 Å². The minimum absolute atomic E-state index is 0.149. The van der Waals surface area contributed by atoms with Crippen molar-refractivity contribution in [1.29, 1.82) is 0 Å². The predicted octanol–water partition coefficient (Wildman–Crippen LogP) is 2.71. The molecule has 102 valence electrons. The quantitative estimate of drug-likeness (QED) is 0.743. The third-order valence-corrected chi connectivity index (χ3v) is 5.22. The highest BCUT2D eigenvalue weighted by atomic mass is 79.9. The Morgan fingerprint density at radius 1 is 1.28 bits per heavy atom. The third-order valence-electron chi connectivity index (χ3n) is 2.72. The van der Waals surface area contributed by atoms with E-state index in [4.69, 9.17) is 0 Å². The van der Waals surface area contributed by atoms with Crippen LogP contribution in [0.3, 0.4) is 0 Å². The minimum Gasteiger partial charge on any atom is -0.215 e. The molecule has 0 aliphatic heterocycles. The van der Waals surface area contributed by atoms with Crippen LogP contribution in [-0.4, -0.2) is 25.5 Å². The molecule has 1 N–H and O–H groups in total. The lowest BCUT2D eigenvalue weighted by Crippen LogP contribution is -2.29. The maximum absolute atomic E-state index is 11.7. The standard InChI is InChI=1S/C13H20BrNO2S/c1-2-13(14)8-10-15-18(16,17)11-9-12-6-4-3-5-7-12/h3-7,13,15H,2,8-11H2,1H3. The van der Waals surface area contributed by atoms with Gasteiger partial charge in [0.1, 0.15) is 0 Å². The lowest BCUT2D eigenvalue weighted by atomic mass is 10.2. The van der Waals surface area contributed by atoms with Crippen molar-refractivity contribution in [3.05, 3.63) is 35.9 Å². The lowest BCUT2D eigenvalue weighted by Gasteiger charge is -2.09. The van der Waals surface area contributed by atoms with Crippen LogP contribution in [0.2, 0.25) is 0 Å². The molecule has 3 nitrogen and oxygen atoms in total. The van der Waals surface area contributed by atoms with Crippen molar-refractivity contribution in [1.82, 2.24) is 4.72 Å². The Bertz CT molecular complexity index is 434. The average molecular weight is 334 g/mol. The first kappa shape index (κ1) is 15.7. The number of hydrogen-bond acceptors (Lipinski definition) is 2. The van der Waals surface area contributed by atoms with Gasteiger partial charge in [-0.15, -0.1) is 0 Å². The Morgan fingerprint density at radius 2 is 1.94 bits per heavy atom. The summed E-state index contributed by atoms with van der Waals surface area (Å²) in [6.07, 6.45) is 2.38. The topological polar surface area (TPSA) is 46.2 Å². The fraction of sp³-hybridized carbons (Fsp3) is 0.538. The minimum atomic E-state index is -3.15. The van der Waals surface area contributed by atoms with Crippen LogP contribution < -0.4 is 4.72 Å². The summed E-state index contributed by atoms with van der Waals surface area (Å²) in [5.74, 6) is 0.149. The second-order valence-corrected chi connectivity index (χ2v) is 7.46. The second kappa shape index (κ2) is 7.92. The van der Waals surface area contributed by atoms with Gasteiger partial charge in [0.2, 0.25) is 10.0 Å². The van der Waals surface area contributed by atoms with Crippen LogP contribution in [0.4, 0.5) is 0 Å². The number of rotatable bonds is 8. The monoisotopic (exact) mass is 333 g/mol. The van der Waals surface area contributed by atoms with E-state index in [2.05, 4.69) is 27.6 Å². The predicted molar refractivity (Wildman–Crippen MR) is 79.6 cm³/mol. The summed E-state index contributed by atoms with van der Waals surface area (Å²) >= 11 is 3.49. The van der Waals surface area contributed by atoms with Gasteiger partial charge in [-0.25, -0.2) is 13.1 Å². The van der Waals surface area contributed by atoms with Gasteiger partial charge in [-0.2, -0.15) is 0 Å². The lowest BCUT2D eigenvalue weighted by molar-refractivity contribution is 0.577. The van der Waals surface area contributed by atoms with Gasteiger partial charge in [0, 0.05) is 11.4 Å². The molecule has 0 fully saturated rings. The number of benzene rings is 1. The first-order valence-corrected chi connectivity index (χ1v) is 8.75. The van der Waals surface area contributed by atoms with Crippen LogP contribution in [-0.2, 0) is 16.4 Å². The normalized spacial score (nSPS) is 13.4. The second-order valence-electron chi connectivity index (χ2n) is 4.24. The number of alkyl halides is 1. The molecule has 5 heteroatoms. The first-order valence-electron chi connectivity index (χ1n) is 6.19. The van der Waals surface area contributed by atoms with Gasteiger partial charge in [-0.05, 0) is 24.8 Å². The van der Waals surface area contributed by atoms with Crippen LogP contribution in [0.25, 0.3) is 0 Å². The number of halogens is 1. The van der Waals surface area contributed by atoms with E-state index >= 15 is 0 Å². The largest absolute Gasteiger partial charge is 0.215 e. The maximum Gasteiger partial charge on any atom is 0.211 e. The van der Waals surface area contributed by atoms with Crippen LogP contribution in [0, 0.1) is 0 Å². The third kappa shape index (κ3) is 6.52. The first-order chi connectivity index (χ1) is 8.53. The number of nitrogens with one attached hydrogen (secondary N) is 1. The van der Waals surface area contributed by atoms with E-state index in [-0.39, 0.29) is 5.75 Å². The van der Waals surface area contributed by atoms with Gasteiger partial charge in [0.15, 0.2) is 0 Å². The van der Waals surface area contributed by atoms with E-state index in [1.807, 2.05) is 30.3 Å². The molecule has 0 radical (unpaired) electrons. The molecule has 1 aromatic rings. The van der Waals surface area contributed by atoms with Gasteiger partial charge >= 0.3 is 0 Å². The van der Waals surface area contributed by atoms with E-state index in [0.717, 1.165) is 18.4 Å². The van der Waals surface area contributed by atoms with Crippen LogP contribution in [0.15, 0.2) is 30.3 Å². The molecule has 0 spiro atoms. The van der Waals surface area contributed by atoms with Crippen molar-refractivity contribution in [3.63, 3.8) is 0 Å². The van der Waals surface area contributed by atoms with Gasteiger partial charge in [0.25, 0.3) is 0 Å². The summed E-state index contributed by atoms with van der Waals surface area (Å²) < 4.78 is 26.1. The fourth-order valence-electron chi connectivity index (χ4n) is 1.54. The highest BCUT2D eigenvalue weighted by molar-refractivity contribution is 9.09. The molecule has 0 saturated carbocycles. The van der Waals surface area contributed by atoms with Crippen molar-refractivity contribution >= 4 is 26.0 Å². The molecule has 0 amide bonds. The Morgan fingerprint density at radius 3 is 2.56 bits per heavy atom. The van der Waals surface area contributed by atoms with E-state index in [0.29, 0.717) is 17.8 Å². The molecule has 0 aromatic heterocycles. The van der Waals surface area contributed by atoms with E-state index in [1.54, 1.807) is 0 Å². The molecule has 1 rings (SSSR count). The molecule has 0 aliphatic carbocycles. The van der Waals surface area contributed by atoms with Crippen molar-refractivity contribution in [2.75, 3.05) is 12.3 Å². The molecule has 0 bridgehead atoms. The zero-order chi connectivity index (χ0) is 13.4. The molecular formula is C13H20BrNO2S. The summed E-state index contributed by atoms with van der Waals surface area (Å²) in [5, 5.41) is 0. The highest BCUT2D eigenvalue weighted by Crippen LogP contribution is 2.08. The van der Waals surface area contributed by atoms with E-state index < -0.39 is 10.0 Å². The van der Waals surface area contributed by atoms with Crippen molar-refractivity contribution < 1.29 is 8.42 Å². The molecule has 18 heavy (non-hydrogen) atoms. The number of aryl methyl sites for hydroxylation is 1. The summed E-state index contributed by atoms with van der Waals surface area (Å²) in [6, 6.07) is 9.66. The molecule has 1 aromatic carbocycles. The number of sulfonamides is 1. The Kier molecular flexibility index (Phi) is 6.89. The molecule has 0 saturated heterocycles. The van der Waals surface area contributed by atoms with E-state index in [9.17, 15) is 8.42 Å². The van der Waals surface area contributed by atoms with E-state index in [1.165, 1.54) is 0 Å². The van der Waals surface area contributed by atoms with Gasteiger partial charge in [0.05, 0.1) is 5.75 Å². The maximum atomic E-state index is 11.7. The summed E-state index contributed by atoms with van der Waals surface area (Å²) in [7, 11) is -3.15. The SMILES string of the molecule is CCC(Br)CCNS(=O)(=O)CCc1ccccc1. The van der Waals surface area contributed by atoms with Gasteiger partial charge in [-0.3, -0.25) is 0 Å². The molecule has 1 atom stereocenters. The van der Waals surface area contributed by atoms with Crippen molar-refractivity contribution in [2.24, 2.45) is 0 Å². The Hall–Kier alpha value is -0.390.